The van der Waals surface area contributed by atoms with Gasteiger partial charge in [-0.25, -0.2) is 0 Å². The third-order valence-corrected chi connectivity index (χ3v) is 4.20. The van der Waals surface area contributed by atoms with E-state index in [0.717, 1.165) is 50.9 Å². The smallest absolute Gasteiger partial charge is 0.132 e. The minimum absolute atomic E-state index is 0.254. The Hall–Kier alpha value is -1.35. The molecule has 1 saturated heterocycles. The summed E-state index contributed by atoms with van der Waals surface area (Å²) >= 11 is 0. The number of hydrogen-bond acceptors (Lipinski definition) is 3. The van der Waals surface area contributed by atoms with Gasteiger partial charge in [-0.2, -0.15) is 0 Å². The molecule has 1 aliphatic rings. The molecule has 1 aliphatic heterocycles. The van der Waals surface area contributed by atoms with Crippen molar-refractivity contribution in [3.63, 3.8) is 0 Å². The maximum atomic E-state index is 11.6. The number of hydrogen-bond donors (Lipinski definition) is 0. The molecular formula is C19H28O3. The number of ketones is 1. The van der Waals surface area contributed by atoms with Crippen molar-refractivity contribution in [2.24, 2.45) is 0 Å². The molecule has 1 heterocycles. The molecule has 1 atom stereocenters. The molecular weight excluding hydrogens is 276 g/mol. The molecule has 122 valence electrons. The molecule has 3 heteroatoms. The number of Topliss-reactive ketones (excluding diaryl/α,β-unsaturated/α-hetero) is 1. The Kier molecular flexibility index (Phi) is 6.91. The maximum absolute atomic E-state index is 11.6. The maximum Gasteiger partial charge on any atom is 0.132 e. The highest BCUT2D eigenvalue weighted by Crippen LogP contribution is 2.21. The van der Waals surface area contributed by atoms with Crippen molar-refractivity contribution in [2.75, 3.05) is 13.2 Å². The molecule has 1 aromatic rings. The van der Waals surface area contributed by atoms with E-state index in [-0.39, 0.29) is 6.10 Å². The molecule has 0 spiro atoms. The van der Waals surface area contributed by atoms with E-state index in [2.05, 4.69) is 26.0 Å². The number of ether oxygens (including phenoxy) is 2. The lowest BCUT2D eigenvalue weighted by Crippen LogP contribution is -2.16. The van der Waals surface area contributed by atoms with Crippen LogP contribution in [0.4, 0.5) is 0 Å². The molecule has 22 heavy (non-hydrogen) atoms. The Balaban J connectivity index is 1.77. The van der Waals surface area contributed by atoms with Crippen molar-refractivity contribution in [3.05, 3.63) is 29.3 Å². The number of carbonyl (C=O) groups excluding carboxylic acids is 1. The zero-order valence-electron chi connectivity index (χ0n) is 13.9. The second-order valence-electron chi connectivity index (χ2n) is 6.18. The normalized spacial score (nSPS) is 17.6. The molecule has 0 aromatic heterocycles. The molecule has 0 radical (unpaired) electrons. The Labute approximate surface area is 134 Å². The van der Waals surface area contributed by atoms with E-state index >= 15 is 0 Å². The minimum atomic E-state index is 0.254. The summed E-state index contributed by atoms with van der Waals surface area (Å²) in [5, 5.41) is 0. The summed E-state index contributed by atoms with van der Waals surface area (Å²) in [6.07, 6.45) is 6.77. The van der Waals surface area contributed by atoms with Gasteiger partial charge in [0.25, 0.3) is 0 Å². The average molecular weight is 304 g/mol. The highest BCUT2D eigenvalue weighted by atomic mass is 16.5. The lowest BCUT2D eigenvalue weighted by atomic mass is 10.0. The Morgan fingerprint density at radius 3 is 2.91 bits per heavy atom. The van der Waals surface area contributed by atoms with Gasteiger partial charge in [0.2, 0.25) is 0 Å². The van der Waals surface area contributed by atoms with Crippen LogP contribution >= 0.6 is 0 Å². The Morgan fingerprint density at radius 2 is 2.23 bits per heavy atom. The van der Waals surface area contributed by atoms with Crippen molar-refractivity contribution >= 4 is 5.78 Å². The van der Waals surface area contributed by atoms with Crippen molar-refractivity contribution in [2.45, 2.75) is 64.9 Å². The van der Waals surface area contributed by atoms with Gasteiger partial charge >= 0.3 is 0 Å². The van der Waals surface area contributed by atoms with Gasteiger partial charge < -0.3 is 9.47 Å². The summed E-state index contributed by atoms with van der Waals surface area (Å²) in [6.45, 7) is 5.67. The van der Waals surface area contributed by atoms with Crippen molar-refractivity contribution in [3.8, 4) is 5.75 Å². The van der Waals surface area contributed by atoms with Crippen LogP contribution in [0.5, 0.6) is 5.75 Å². The topological polar surface area (TPSA) is 35.5 Å². The number of aryl methyl sites for hydroxylation is 2. The first kappa shape index (κ1) is 17.0. The fourth-order valence-corrected chi connectivity index (χ4v) is 2.88. The largest absolute Gasteiger partial charge is 0.491 e. The number of benzene rings is 1. The quantitative estimate of drug-likeness (QED) is 0.684. The van der Waals surface area contributed by atoms with E-state index in [1.807, 2.05) is 6.07 Å². The van der Waals surface area contributed by atoms with Crippen LogP contribution in [0.2, 0.25) is 0 Å². The SMILES string of the molecule is CCCC(=O)CCCc1ccc(OCC2CCCO2)cc1C. The molecule has 1 fully saturated rings. The molecule has 3 nitrogen and oxygen atoms in total. The zero-order valence-corrected chi connectivity index (χ0v) is 13.9. The van der Waals surface area contributed by atoms with Gasteiger partial charge in [0.15, 0.2) is 0 Å². The van der Waals surface area contributed by atoms with E-state index in [4.69, 9.17) is 9.47 Å². The average Bonchev–Trinajstić information content (AvgIpc) is 3.01. The highest BCUT2D eigenvalue weighted by Gasteiger charge is 2.16. The Morgan fingerprint density at radius 1 is 1.36 bits per heavy atom. The van der Waals surface area contributed by atoms with Crippen molar-refractivity contribution in [1.29, 1.82) is 0 Å². The van der Waals surface area contributed by atoms with E-state index in [0.29, 0.717) is 18.8 Å². The first-order chi connectivity index (χ1) is 10.7. The molecule has 2 rings (SSSR count). The second-order valence-corrected chi connectivity index (χ2v) is 6.18. The predicted molar refractivity (Wildman–Crippen MR) is 88.5 cm³/mol. The summed E-state index contributed by atoms with van der Waals surface area (Å²) < 4.78 is 11.4. The second kappa shape index (κ2) is 8.94. The fourth-order valence-electron chi connectivity index (χ4n) is 2.88. The third kappa shape index (κ3) is 5.45. The van der Waals surface area contributed by atoms with Crippen molar-refractivity contribution < 1.29 is 14.3 Å². The Bertz CT molecular complexity index is 476. The summed E-state index contributed by atoms with van der Waals surface area (Å²) in [5.74, 6) is 1.30. The van der Waals surface area contributed by atoms with Crippen LogP contribution in [-0.4, -0.2) is 25.1 Å². The van der Waals surface area contributed by atoms with Gasteiger partial charge in [0, 0.05) is 19.4 Å². The lowest BCUT2D eigenvalue weighted by molar-refractivity contribution is -0.119. The predicted octanol–water partition coefficient (Wildman–Crippen LogP) is 4.24. The lowest BCUT2D eigenvalue weighted by Gasteiger charge is -2.13. The molecule has 0 N–H and O–H groups in total. The van der Waals surface area contributed by atoms with E-state index in [1.165, 1.54) is 11.1 Å². The number of carbonyl (C=O) groups is 1. The zero-order chi connectivity index (χ0) is 15.8. The van der Waals surface area contributed by atoms with Gasteiger partial charge in [0.05, 0.1) is 6.10 Å². The standard InChI is InChI=1S/C19H28O3/c1-3-6-17(20)8-4-7-16-10-11-18(13-15(16)2)22-14-19-9-5-12-21-19/h10-11,13,19H,3-9,12,14H2,1-2H3. The number of rotatable bonds is 9. The van der Waals surface area contributed by atoms with Crippen LogP contribution in [0.25, 0.3) is 0 Å². The van der Waals surface area contributed by atoms with Gasteiger partial charge in [-0.3, -0.25) is 4.79 Å². The summed E-state index contributed by atoms with van der Waals surface area (Å²) in [5.41, 5.74) is 2.56. The molecule has 1 aromatic carbocycles. The van der Waals surface area contributed by atoms with Crippen LogP contribution in [0.15, 0.2) is 18.2 Å². The summed E-state index contributed by atoms with van der Waals surface area (Å²) in [6, 6.07) is 6.26. The fraction of sp³-hybridized carbons (Fsp3) is 0.632. The van der Waals surface area contributed by atoms with E-state index < -0.39 is 0 Å². The summed E-state index contributed by atoms with van der Waals surface area (Å²) in [4.78, 5) is 11.6. The van der Waals surface area contributed by atoms with Crippen LogP contribution in [-0.2, 0) is 16.0 Å². The highest BCUT2D eigenvalue weighted by molar-refractivity contribution is 5.78. The minimum Gasteiger partial charge on any atom is -0.491 e. The molecule has 0 aliphatic carbocycles. The molecule has 1 unspecified atom stereocenters. The molecule has 0 bridgehead atoms. The van der Waals surface area contributed by atoms with E-state index in [1.54, 1.807) is 0 Å². The van der Waals surface area contributed by atoms with Gasteiger partial charge in [0.1, 0.15) is 18.1 Å². The van der Waals surface area contributed by atoms with Crippen LogP contribution < -0.4 is 4.74 Å². The van der Waals surface area contributed by atoms with Gasteiger partial charge in [-0.05, 0) is 62.3 Å². The van der Waals surface area contributed by atoms with Crippen molar-refractivity contribution in [1.82, 2.24) is 0 Å². The van der Waals surface area contributed by atoms with Crippen LogP contribution in [0, 0.1) is 6.92 Å². The summed E-state index contributed by atoms with van der Waals surface area (Å²) in [7, 11) is 0. The van der Waals surface area contributed by atoms with Gasteiger partial charge in [-0.15, -0.1) is 0 Å². The van der Waals surface area contributed by atoms with E-state index in [9.17, 15) is 4.79 Å². The molecule has 0 saturated carbocycles. The first-order valence-corrected chi connectivity index (χ1v) is 8.54. The monoisotopic (exact) mass is 304 g/mol. The van der Waals surface area contributed by atoms with Crippen LogP contribution in [0.1, 0.15) is 56.6 Å². The van der Waals surface area contributed by atoms with Gasteiger partial charge in [-0.1, -0.05) is 13.0 Å². The third-order valence-electron chi connectivity index (χ3n) is 4.20. The first-order valence-electron chi connectivity index (χ1n) is 8.54. The molecule has 0 amide bonds. The van der Waals surface area contributed by atoms with Crippen LogP contribution in [0.3, 0.4) is 0 Å².